The SMILES string of the molecule is C[C@@H](Oc1ccc(-c2ccccc2)cc1Cl)C(=O)Nc1ccc(F)cc1Cl. The number of amides is 1. The predicted octanol–water partition coefficient (Wildman–Crippen LogP) is 6.21. The van der Waals surface area contributed by atoms with Gasteiger partial charge in [-0.1, -0.05) is 59.6 Å². The number of benzene rings is 3. The molecule has 0 radical (unpaired) electrons. The number of nitrogens with one attached hydrogen (secondary N) is 1. The van der Waals surface area contributed by atoms with Crippen LogP contribution in [0.2, 0.25) is 10.0 Å². The minimum atomic E-state index is -0.828. The van der Waals surface area contributed by atoms with E-state index < -0.39 is 17.8 Å². The molecule has 1 amide bonds. The van der Waals surface area contributed by atoms with Crippen molar-refractivity contribution in [2.45, 2.75) is 13.0 Å². The Kier molecular flexibility index (Phi) is 5.99. The standard InChI is InChI=1S/C21H16Cl2FNO2/c1-13(21(26)25-19-9-8-16(24)12-17(19)22)27-20-10-7-15(11-18(20)23)14-5-3-2-4-6-14/h2-13H,1H3,(H,25,26)/t13-/m1/s1. The van der Waals surface area contributed by atoms with Gasteiger partial charge in [-0.15, -0.1) is 0 Å². The Bertz CT molecular complexity index is 964. The fourth-order valence-corrected chi connectivity index (χ4v) is 2.92. The van der Waals surface area contributed by atoms with Crippen LogP contribution in [0.1, 0.15) is 6.92 Å². The first-order valence-corrected chi connectivity index (χ1v) is 8.97. The lowest BCUT2D eigenvalue weighted by Crippen LogP contribution is -2.30. The van der Waals surface area contributed by atoms with Gasteiger partial charge in [-0.2, -0.15) is 0 Å². The Morgan fingerprint density at radius 1 is 0.963 bits per heavy atom. The van der Waals surface area contributed by atoms with Crippen molar-refractivity contribution in [1.29, 1.82) is 0 Å². The molecule has 0 saturated heterocycles. The van der Waals surface area contributed by atoms with Crippen molar-refractivity contribution in [2.24, 2.45) is 0 Å². The van der Waals surface area contributed by atoms with E-state index in [1.165, 1.54) is 12.1 Å². The minimum absolute atomic E-state index is 0.112. The molecule has 138 valence electrons. The molecule has 0 unspecified atom stereocenters. The fourth-order valence-electron chi connectivity index (χ4n) is 2.48. The van der Waals surface area contributed by atoms with Crippen molar-refractivity contribution in [3.63, 3.8) is 0 Å². The van der Waals surface area contributed by atoms with Gasteiger partial charge < -0.3 is 10.1 Å². The van der Waals surface area contributed by atoms with Crippen molar-refractivity contribution in [3.8, 4) is 16.9 Å². The van der Waals surface area contributed by atoms with E-state index in [0.29, 0.717) is 16.5 Å². The highest BCUT2D eigenvalue weighted by atomic mass is 35.5. The number of hydrogen-bond donors (Lipinski definition) is 1. The van der Waals surface area contributed by atoms with Crippen LogP contribution in [0, 0.1) is 5.82 Å². The summed E-state index contributed by atoms with van der Waals surface area (Å²) >= 11 is 12.2. The number of hydrogen-bond acceptors (Lipinski definition) is 2. The highest BCUT2D eigenvalue weighted by Gasteiger charge is 2.18. The summed E-state index contributed by atoms with van der Waals surface area (Å²) in [5, 5.41) is 3.12. The summed E-state index contributed by atoms with van der Waals surface area (Å²) in [6, 6.07) is 18.9. The molecule has 0 heterocycles. The van der Waals surface area contributed by atoms with Crippen molar-refractivity contribution in [1.82, 2.24) is 0 Å². The van der Waals surface area contributed by atoms with Gasteiger partial charge in [0, 0.05) is 0 Å². The second-order valence-corrected chi connectivity index (χ2v) is 6.70. The third-order valence-electron chi connectivity index (χ3n) is 3.90. The van der Waals surface area contributed by atoms with Crippen LogP contribution in [-0.2, 0) is 4.79 Å². The number of anilines is 1. The van der Waals surface area contributed by atoms with Gasteiger partial charge >= 0.3 is 0 Å². The predicted molar refractivity (Wildman–Crippen MR) is 107 cm³/mol. The Balaban J connectivity index is 1.70. The zero-order valence-corrected chi connectivity index (χ0v) is 15.9. The summed E-state index contributed by atoms with van der Waals surface area (Å²) in [5.41, 5.74) is 2.29. The average molecular weight is 404 g/mol. The minimum Gasteiger partial charge on any atom is -0.479 e. The summed E-state index contributed by atoms with van der Waals surface area (Å²) in [6.45, 7) is 1.59. The van der Waals surface area contributed by atoms with E-state index in [2.05, 4.69) is 5.32 Å². The Morgan fingerprint density at radius 3 is 2.37 bits per heavy atom. The maximum atomic E-state index is 13.1. The second-order valence-electron chi connectivity index (χ2n) is 5.88. The molecule has 0 aliphatic carbocycles. The molecule has 0 fully saturated rings. The van der Waals surface area contributed by atoms with Crippen LogP contribution in [0.5, 0.6) is 5.75 Å². The van der Waals surface area contributed by atoms with E-state index in [1.54, 1.807) is 19.1 Å². The number of rotatable bonds is 5. The molecule has 3 nitrogen and oxygen atoms in total. The van der Waals surface area contributed by atoms with E-state index >= 15 is 0 Å². The molecule has 1 atom stereocenters. The first-order chi connectivity index (χ1) is 12.9. The topological polar surface area (TPSA) is 38.3 Å². The Morgan fingerprint density at radius 2 is 1.70 bits per heavy atom. The molecular weight excluding hydrogens is 388 g/mol. The third kappa shape index (κ3) is 4.79. The van der Waals surface area contributed by atoms with E-state index in [9.17, 15) is 9.18 Å². The van der Waals surface area contributed by atoms with E-state index in [0.717, 1.165) is 17.2 Å². The van der Waals surface area contributed by atoms with Gasteiger partial charge in [0.2, 0.25) is 0 Å². The van der Waals surface area contributed by atoms with Crippen LogP contribution in [-0.4, -0.2) is 12.0 Å². The monoisotopic (exact) mass is 403 g/mol. The third-order valence-corrected chi connectivity index (χ3v) is 4.51. The lowest BCUT2D eigenvalue weighted by molar-refractivity contribution is -0.122. The maximum absolute atomic E-state index is 13.1. The van der Waals surface area contributed by atoms with Gasteiger partial charge in [0.25, 0.3) is 5.91 Å². The largest absolute Gasteiger partial charge is 0.479 e. The van der Waals surface area contributed by atoms with Gasteiger partial charge in [-0.25, -0.2) is 4.39 Å². The molecule has 0 spiro atoms. The molecule has 0 aliphatic rings. The maximum Gasteiger partial charge on any atom is 0.265 e. The van der Waals surface area contributed by atoms with Crippen LogP contribution in [0.3, 0.4) is 0 Å². The highest BCUT2D eigenvalue weighted by Crippen LogP contribution is 2.31. The van der Waals surface area contributed by atoms with E-state index in [1.807, 2.05) is 36.4 Å². The quantitative estimate of drug-likeness (QED) is 0.550. The van der Waals surface area contributed by atoms with Gasteiger partial charge in [0.15, 0.2) is 6.10 Å². The number of carbonyl (C=O) groups excluding carboxylic acids is 1. The van der Waals surface area contributed by atoms with Gasteiger partial charge in [-0.05, 0) is 48.4 Å². The first kappa shape index (κ1) is 19.2. The smallest absolute Gasteiger partial charge is 0.265 e. The van der Waals surface area contributed by atoms with E-state index in [4.69, 9.17) is 27.9 Å². The summed E-state index contributed by atoms with van der Waals surface area (Å²) in [5.74, 6) is -0.511. The molecule has 3 aromatic carbocycles. The zero-order chi connectivity index (χ0) is 19.4. The summed E-state index contributed by atoms with van der Waals surface area (Å²) in [7, 11) is 0. The zero-order valence-electron chi connectivity index (χ0n) is 14.4. The summed E-state index contributed by atoms with van der Waals surface area (Å²) in [4.78, 5) is 12.3. The lowest BCUT2D eigenvalue weighted by Gasteiger charge is -2.16. The molecule has 0 aliphatic heterocycles. The van der Waals surface area contributed by atoms with Gasteiger partial charge in [0.1, 0.15) is 11.6 Å². The molecule has 3 rings (SSSR count). The molecule has 27 heavy (non-hydrogen) atoms. The second kappa shape index (κ2) is 8.42. The number of carbonyl (C=O) groups is 1. The lowest BCUT2D eigenvalue weighted by atomic mass is 10.1. The van der Waals surface area contributed by atoms with Crippen LogP contribution in [0.4, 0.5) is 10.1 Å². The van der Waals surface area contributed by atoms with Gasteiger partial charge in [0.05, 0.1) is 15.7 Å². The Labute approximate surface area is 166 Å². The Hall–Kier alpha value is -2.56. The molecule has 0 saturated carbocycles. The van der Waals surface area contributed by atoms with Crippen LogP contribution < -0.4 is 10.1 Å². The molecule has 0 aromatic heterocycles. The summed E-state index contributed by atoms with van der Waals surface area (Å²) < 4.78 is 18.8. The number of ether oxygens (including phenoxy) is 1. The number of halogens is 3. The molecular formula is C21H16Cl2FNO2. The average Bonchev–Trinajstić information content (AvgIpc) is 2.66. The van der Waals surface area contributed by atoms with E-state index in [-0.39, 0.29) is 5.02 Å². The van der Waals surface area contributed by atoms with Gasteiger partial charge in [-0.3, -0.25) is 4.79 Å². The molecule has 3 aromatic rings. The van der Waals surface area contributed by atoms with Crippen molar-refractivity contribution >= 4 is 34.8 Å². The van der Waals surface area contributed by atoms with Crippen molar-refractivity contribution in [3.05, 3.63) is 82.6 Å². The van der Waals surface area contributed by atoms with Crippen LogP contribution >= 0.6 is 23.2 Å². The van der Waals surface area contributed by atoms with Crippen molar-refractivity contribution in [2.75, 3.05) is 5.32 Å². The van der Waals surface area contributed by atoms with Crippen LogP contribution in [0.15, 0.2) is 66.7 Å². The molecule has 6 heteroatoms. The van der Waals surface area contributed by atoms with Crippen LogP contribution in [0.25, 0.3) is 11.1 Å². The summed E-state index contributed by atoms with van der Waals surface area (Å²) in [6.07, 6.45) is -0.828. The highest BCUT2D eigenvalue weighted by molar-refractivity contribution is 6.33. The molecule has 1 N–H and O–H groups in total. The first-order valence-electron chi connectivity index (χ1n) is 8.21. The fraction of sp³-hybridized carbons (Fsp3) is 0.0952. The van der Waals surface area contributed by atoms with Crippen molar-refractivity contribution < 1.29 is 13.9 Å². The molecule has 0 bridgehead atoms. The normalized spacial score (nSPS) is 11.7.